The smallest absolute Gasteiger partial charge is 0.295 e. The number of Topliss-reactive ketones (excluding diaryl/α,β-unsaturated/α-hetero) is 1. The van der Waals surface area contributed by atoms with Crippen LogP contribution in [0.25, 0.3) is 11.0 Å². The van der Waals surface area contributed by atoms with Gasteiger partial charge in [-0.2, -0.15) is 0 Å². The molecule has 0 bridgehead atoms. The number of rotatable bonds is 3. The molecule has 0 N–H and O–H groups in total. The Morgan fingerprint density at radius 3 is 2.35 bits per heavy atom. The molecule has 1 amide bonds. The van der Waals surface area contributed by atoms with Crippen LogP contribution in [0.5, 0.6) is 0 Å². The number of benzene rings is 3. The summed E-state index contributed by atoms with van der Waals surface area (Å²) >= 11 is 6.10. The van der Waals surface area contributed by atoms with Crippen molar-refractivity contribution >= 4 is 39.9 Å². The molecule has 0 spiro atoms. The van der Waals surface area contributed by atoms with Crippen molar-refractivity contribution in [1.29, 1.82) is 0 Å². The Hall–Kier alpha value is -3.70. The third-order valence-corrected chi connectivity index (χ3v) is 5.73. The molecule has 2 heterocycles. The molecule has 6 heteroatoms. The van der Waals surface area contributed by atoms with Gasteiger partial charge in [-0.1, -0.05) is 41.9 Å². The van der Waals surface area contributed by atoms with Gasteiger partial charge in [0.2, 0.25) is 5.76 Å². The molecule has 1 aliphatic heterocycles. The van der Waals surface area contributed by atoms with Gasteiger partial charge in [-0.25, -0.2) is 0 Å². The summed E-state index contributed by atoms with van der Waals surface area (Å²) in [4.78, 5) is 40.1. The van der Waals surface area contributed by atoms with E-state index in [4.69, 9.17) is 16.0 Å². The molecule has 152 valence electrons. The van der Waals surface area contributed by atoms with Gasteiger partial charge in [0.05, 0.1) is 17.0 Å². The predicted molar refractivity (Wildman–Crippen MR) is 119 cm³/mol. The molecule has 1 atom stereocenters. The second kappa shape index (κ2) is 7.22. The summed E-state index contributed by atoms with van der Waals surface area (Å²) in [5, 5.41) is 0.741. The second-order valence-electron chi connectivity index (χ2n) is 7.41. The lowest BCUT2D eigenvalue weighted by Gasteiger charge is -2.25. The first-order valence-electron chi connectivity index (χ1n) is 9.71. The summed E-state index contributed by atoms with van der Waals surface area (Å²) < 4.78 is 5.91. The highest BCUT2D eigenvalue weighted by Gasteiger charge is 2.43. The van der Waals surface area contributed by atoms with Crippen molar-refractivity contribution in [2.24, 2.45) is 0 Å². The zero-order valence-electron chi connectivity index (χ0n) is 16.5. The quantitative estimate of drug-likeness (QED) is 0.409. The first-order valence-corrected chi connectivity index (χ1v) is 10.1. The van der Waals surface area contributed by atoms with Crippen LogP contribution in [0.1, 0.15) is 45.0 Å². The standard InChI is InChI=1S/C25H16ClNO4/c1-14(28)15-7-10-18(11-8-15)27-22(16-5-3-2-4-6-16)21-23(29)19-13-17(26)9-12-20(19)31-24(21)25(27)30/h2-13,22H,1H3. The molecule has 1 aliphatic rings. The first kappa shape index (κ1) is 19.3. The van der Waals surface area contributed by atoms with Crippen LogP contribution in [-0.2, 0) is 0 Å². The van der Waals surface area contributed by atoms with E-state index in [0.29, 0.717) is 27.2 Å². The maximum Gasteiger partial charge on any atom is 0.295 e. The molecule has 31 heavy (non-hydrogen) atoms. The third-order valence-electron chi connectivity index (χ3n) is 5.50. The Morgan fingerprint density at radius 2 is 1.68 bits per heavy atom. The normalized spacial score (nSPS) is 15.4. The Kier molecular flexibility index (Phi) is 4.49. The molecule has 0 fully saturated rings. The predicted octanol–water partition coefficient (Wildman–Crippen LogP) is 5.40. The van der Waals surface area contributed by atoms with E-state index in [1.807, 2.05) is 30.3 Å². The second-order valence-corrected chi connectivity index (χ2v) is 7.84. The maximum absolute atomic E-state index is 13.5. The zero-order chi connectivity index (χ0) is 21.7. The van der Waals surface area contributed by atoms with Crippen molar-refractivity contribution in [3.8, 4) is 0 Å². The van der Waals surface area contributed by atoms with Crippen LogP contribution in [0.4, 0.5) is 5.69 Å². The van der Waals surface area contributed by atoms with Gasteiger partial charge in [0.15, 0.2) is 11.2 Å². The largest absolute Gasteiger partial charge is 0.450 e. The Labute approximate surface area is 182 Å². The lowest BCUT2D eigenvalue weighted by Crippen LogP contribution is -2.29. The van der Waals surface area contributed by atoms with Crippen LogP contribution in [0.2, 0.25) is 5.02 Å². The molecule has 4 aromatic rings. The minimum Gasteiger partial charge on any atom is -0.450 e. The highest BCUT2D eigenvalue weighted by atomic mass is 35.5. The van der Waals surface area contributed by atoms with Gasteiger partial charge >= 0.3 is 0 Å². The monoisotopic (exact) mass is 429 g/mol. The van der Waals surface area contributed by atoms with E-state index >= 15 is 0 Å². The lowest BCUT2D eigenvalue weighted by molar-refractivity contribution is 0.0970. The number of nitrogens with zero attached hydrogens (tertiary/aromatic N) is 1. The van der Waals surface area contributed by atoms with Gasteiger partial charge in [0.1, 0.15) is 5.58 Å². The summed E-state index contributed by atoms with van der Waals surface area (Å²) in [5.74, 6) is -0.458. The summed E-state index contributed by atoms with van der Waals surface area (Å²) in [6.07, 6.45) is 0. The van der Waals surface area contributed by atoms with E-state index in [1.165, 1.54) is 11.8 Å². The maximum atomic E-state index is 13.5. The van der Waals surface area contributed by atoms with E-state index in [-0.39, 0.29) is 22.5 Å². The van der Waals surface area contributed by atoms with Crippen molar-refractivity contribution in [1.82, 2.24) is 0 Å². The van der Waals surface area contributed by atoms with Gasteiger partial charge < -0.3 is 4.42 Å². The number of carbonyl (C=O) groups is 2. The van der Waals surface area contributed by atoms with Crippen LogP contribution in [0.15, 0.2) is 82.0 Å². The van der Waals surface area contributed by atoms with Gasteiger partial charge in [-0.3, -0.25) is 19.3 Å². The average Bonchev–Trinajstić information content (AvgIpc) is 3.07. The third kappa shape index (κ3) is 3.05. The number of ketones is 1. The average molecular weight is 430 g/mol. The van der Waals surface area contributed by atoms with Crippen molar-refractivity contribution in [3.63, 3.8) is 0 Å². The van der Waals surface area contributed by atoms with Crippen LogP contribution in [-0.4, -0.2) is 11.7 Å². The number of fused-ring (bicyclic) bond motifs is 2. The summed E-state index contributed by atoms with van der Waals surface area (Å²) in [6, 6.07) is 20.2. The van der Waals surface area contributed by atoms with Gasteiger partial charge in [-0.05, 0) is 55.0 Å². The van der Waals surface area contributed by atoms with E-state index in [2.05, 4.69) is 0 Å². The van der Waals surface area contributed by atoms with Crippen molar-refractivity contribution in [3.05, 3.63) is 110 Å². The summed E-state index contributed by atoms with van der Waals surface area (Å²) in [5.41, 5.74) is 2.18. The molecule has 5 rings (SSSR count). The molecule has 0 saturated carbocycles. The molecule has 1 unspecified atom stereocenters. The van der Waals surface area contributed by atoms with Crippen molar-refractivity contribution in [2.45, 2.75) is 13.0 Å². The van der Waals surface area contributed by atoms with Gasteiger partial charge in [0.25, 0.3) is 5.91 Å². The van der Waals surface area contributed by atoms with Crippen molar-refractivity contribution in [2.75, 3.05) is 4.90 Å². The summed E-state index contributed by atoms with van der Waals surface area (Å²) in [7, 11) is 0. The number of hydrogen-bond acceptors (Lipinski definition) is 4. The molecule has 0 radical (unpaired) electrons. The molecule has 1 aromatic heterocycles. The number of carbonyl (C=O) groups excluding carboxylic acids is 2. The van der Waals surface area contributed by atoms with Crippen molar-refractivity contribution < 1.29 is 14.0 Å². The fourth-order valence-electron chi connectivity index (χ4n) is 4.02. The van der Waals surface area contributed by atoms with E-state index in [9.17, 15) is 14.4 Å². The molecular formula is C25H16ClNO4. The Bertz CT molecular complexity index is 1410. The molecule has 0 saturated heterocycles. The first-order chi connectivity index (χ1) is 15.0. The molecular weight excluding hydrogens is 414 g/mol. The van der Waals surface area contributed by atoms with Crippen LogP contribution in [0.3, 0.4) is 0 Å². The summed E-state index contributed by atoms with van der Waals surface area (Å²) in [6.45, 7) is 1.48. The Morgan fingerprint density at radius 1 is 0.968 bits per heavy atom. The van der Waals surface area contributed by atoms with E-state index in [1.54, 1.807) is 42.5 Å². The minimum absolute atomic E-state index is 0.0179. The van der Waals surface area contributed by atoms with E-state index < -0.39 is 11.9 Å². The number of amides is 1. The van der Waals surface area contributed by atoms with Crippen LogP contribution >= 0.6 is 11.6 Å². The fourth-order valence-corrected chi connectivity index (χ4v) is 4.19. The molecule has 5 nitrogen and oxygen atoms in total. The zero-order valence-corrected chi connectivity index (χ0v) is 17.2. The molecule has 3 aromatic carbocycles. The lowest BCUT2D eigenvalue weighted by atomic mass is 9.98. The number of halogens is 1. The fraction of sp³-hybridized carbons (Fsp3) is 0.0800. The van der Waals surface area contributed by atoms with Gasteiger partial charge in [-0.15, -0.1) is 0 Å². The number of hydrogen-bond donors (Lipinski definition) is 0. The SMILES string of the molecule is CC(=O)c1ccc(N2C(=O)c3oc4ccc(Cl)cc4c(=O)c3C2c2ccccc2)cc1. The minimum atomic E-state index is -0.661. The van der Waals surface area contributed by atoms with Gasteiger partial charge in [0, 0.05) is 16.3 Å². The molecule has 0 aliphatic carbocycles. The number of anilines is 1. The van der Waals surface area contributed by atoms with Crippen LogP contribution < -0.4 is 10.3 Å². The van der Waals surface area contributed by atoms with Crippen LogP contribution in [0, 0.1) is 0 Å². The van der Waals surface area contributed by atoms with E-state index in [0.717, 1.165) is 5.56 Å². The highest BCUT2D eigenvalue weighted by Crippen LogP contribution is 2.41. The highest BCUT2D eigenvalue weighted by molar-refractivity contribution is 6.31. The Balaban J connectivity index is 1.77. The topological polar surface area (TPSA) is 67.6 Å².